The third-order valence-corrected chi connectivity index (χ3v) is 2.28. The lowest BCUT2D eigenvalue weighted by molar-refractivity contribution is -0.115. The van der Waals surface area contributed by atoms with Crippen molar-refractivity contribution in [1.29, 1.82) is 0 Å². The number of allylic oxidation sites excluding steroid dienone is 3. The zero-order valence-corrected chi connectivity index (χ0v) is 8.52. The molecule has 13 heavy (non-hydrogen) atoms. The second kappa shape index (κ2) is 5.85. The molecule has 2 heteroatoms. The largest absolute Gasteiger partial charge is 0.293 e. The normalized spacial score (nSPS) is 13.5. The van der Waals surface area contributed by atoms with Crippen molar-refractivity contribution >= 4 is 18.4 Å². The minimum atomic E-state index is 0.212. The fraction of sp³-hybridized carbons (Fsp3) is 0.455. The molecule has 1 aliphatic carbocycles. The van der Waals surface area contributed by atoms with Crippen LogP contribution >= 0.6 is 12.6 Å². The molecule has 0 unspecified atom stereocenters. The molecular formula is C11H14OS. The van der Waals surface area contributed by atoms with Crippen LogP contribution in [0.5, 0.6) is 0 Å². The maximum absolute atomic E-state index is 11.4. The van der Waals surface area contributed by atoms with E-state index in [-0.39, 0.29) is 5.78 Å². The van der Waals surface area contributed by atoms with Crippen LogP contribution < -0.4 is 0 Å². The van der Waals surface area contributed by atoms with Gasteiger partial charge in [-0.1, -0.05) is 12.5 Å². The topological polar surface area (TPSA) is 17.1 Å². The summed E-state index contributed by atoms with van der Waals surface area (Å²) >= 11 is 4.11. The minimum Gasteiger partial charge on any atom is -0.293 e. The smallest absolute Gasteiger partial charge is 0.170 e. The summed E-state index contributed by atoms with van der Waals surface area (Å²) in [7, 11) is 0. The van der Waals surface area contributed by atoms with Crippen molar-refractivity contribution in [2.75, 3.05) is 5.75 Å². The molecule has 0 atom stereocenters. The monoisotopic (exact) mass is 194 g/mol. The Hall–Kier alpha value is -0.720. The number of Topliss-reactive ketones (excluding diaryl/α,β-unsaturated/α-hetero) is 1. The summed E-state index contributed by atoms with van der Waals surface area (Å²) in [5, 5.41) is 0. The average Bonchev–Trinajstić information content (AvgIpc) is 2.65. The molecule has 0 N–H and O–H groups in total. The Morgan fingerprint density at radius 3 is 2.85 bits per heavy atom. The van der Waals surface area contributed by atoms with Crippen molar-refractivity contribution in [2.45, 2.75) is 25.7 Å². The van der Waals surface area contributed by atoms with Crippen molar-refractivity contribution in [3.05, 3.63) is 29.5 Å². The van der Waals surface area contributed by atoms with Crippen molar-refractivity contribution in [1.82, 2.24) is 0 Å². The predicted octanol–water partition coefficient (Wildman–Crippen LogP) is 2.70. The second-order valence-electron chi connectivity index (χ2n) is 3.04. The molecule has 1 aliphatic rings. The highest BCUT2D eigenvalue weighted by Gasteiger charge is 2.06. The van der Waals surface area contributed by atoms with Gasteiger partial charge in [-0.25, -0.2) is 0 Å². The van der Waals surface area contributed by atoms with Crippen LogP contribution in [0.4, 0.5) is 0 Å². The number of carbonyl (C=O) groups is 1. The van der Waals surface area contributed by atoms with Gasteiger partial charge in [0, 0.05) is 6.42 Å². The second-order valence-corrected chi connectivity index (χ2v) is 3.49. The first-order valence-electron chi connectivity index (χ1n) is 4.62. The molecule has 70 valence electrons. The molecule has 0 fully saturated rings. The van der Waals surface area contributed by atoms with Crippen LogP contribution in [0.3, 0.4) is 0 Å². The summed E-state index contributed by atoms with van der Waals surface area (Å²) in [6.45, 7) is 0. The van der Waals surface area contributed by atoms with Gasteiger partial charge >= 0.3 is 0 Å². The molecular weight excluding hydrogens is 180 g/mol. The molecule has 1 rings (SSSR count). The molecule has 0 amide bonds. The number of hydrogen-bond acceptors (Lipinski definition) is 2. The van der Waals surface area contributed by atoms with Gasteiger partial charge in [0.05, 0.1) is 5.57 Å². The molecule has 0 aromatic rings. The van der Waals surface area contributed by atoms with Crippen LogP contribution in [-0.2, 0) is 4.79 Å². The Kier molecular flexibility index (Phi) is 4.66. The fourth-order valence-electron chi connectivity index (χ4n) is 1.21. The van der Waals surface area contributed by atoms with Crippen LogP contribution in [0, 0.1) is 0 Å². The van der Waals surface area contributed by atoms with Crippen molar-refractivity contribution < 1.29 is 4.79 Å². The SMILES string of the molecule is O=C(CCCCCS)C1=C=CC=C1. The summed E-state index contributed by atoms with van der Waals surface area (Å²) < 4.78 is 0. The fourth-order valence-corrected chi connectivity index (χ4v) is 1.44. The molecule has 0 heterocycles. The first kappa shape index (κ1) is 10.4. The van der Waals surface area contributed by atoms with Crippen molar-refractivity contribution in [3.63, 3.8) is 0 Å². The van der Waals surface area contributed by atoms with Crippen molar-refractivity contribution in [2.24, 2.45) is 0 Å². The minimum absolute atomic E-state index is 0.212. The number of unbranched alkanes of at least 4 members (excludes halogenated alkanes) is 2. The van der Waals surface area contributed by atoms with E-state index < -0.39 is 0 Å². The zero-order valence-electron chi connectivity index (χ0n) is 7.62. The van der Waals surface area contributed by atoms with Gasteiger partial charge in [0.2, 0.25) is 0 Å². The Bertz CT molecular complexity index is 270. The van der Waals surface area contributed by atoms with Gasteiger partial charge in [0.15, 0.2) is 5.78 Å². The van der Waals surface area contributed by atoms with E-state index in [1.807, 2.05) is 12.2 Å². The number of ketones is 1. The maximum Gasteiger partial charge on any atom is 0.170 e. The van der Waals surface area contributed by atoms with Crippen molar-refractivity contribution in [3.8, 4) is 0 Å². The Balaban J connectivity index is 2.19. The lowest BCUT2D eigenvalue weighted by atomic mass is 10.1. The molecule has 0 radical (unpaired) electrons. The number of rotatable bonds is 6. The molecule has 0 saturated heterocycles. The van der Waals surface area contributed by atoms with Gasteiger partial charge in [-0.15, -0.1) is 5.73 Å². The lowest BCUT2D eigenvalue weighted by Gasteiger charge is -1.97. The highest BCUT2D eigenvalue weighted by atomic mass is 32.1. The Morgan fingerprint density at radius 1 is 1.38 bits per heavy atom. The Labute approximate surface area is 84.6 Å². The third kappa shape index (κ3) is 3.67. The first-order valence-corrected chi connectivity index (χ1v) is 5.25. The number of hydrogen-bond donors (Lipinski definition) is 1. The molecule has 0 aromatic carbocycles. The maximum atomic E-state index is 11.4. The quantitative estimate of drug-likeness (QED) is 0.391. The van der Waals surface area contributed by atoms with E-state index in [0.29, 0.717) is 6.42 Å². The van der Waals surface area contributed by atoms with Crippen LogP contribution in [0.2, 0.25) is 0 Å². The number of thiol groups is 1. The van der Waals surface area contributed by atoms with Crippen LogP contribution in [-0.4, -0.2) is 11.5 Å². The Morgan fingerprint density at radius 2 is 2.23 bits per heavy atom. The van der Waals surface area contributed by atoms with E-state index in [2.05, 4.69) is 18.4 Å². The van der Waals surface area contributed by atoms with Gasteiger partial charge in [0.1, 0.15) is 0 Å². The van der Waals surface area contributed by atoms with Gasteiger partial charge < -0.3 is 0 Å². The number of carbonyl (C=O) groups excluding carboxylic acids is 1. The molecule has 0 saturated carbocycles. The van der Waals surface area contributed by atoms with E-state index in [1.165, 1.54) is 0 Å². The van der Waals surface area contributed by atoms with E-state index in [1.54, 1.807) is 6.08 Å². The summed E-state index contributed by atoms with van der Waals surface area (Å²) in [6, 6.07) is 0. The van der Waals surface area contributed by atoms with E-state index in [9.17, 15) is 4.79 Å². The molecule has 0 aliphatic heterocycles. The zero-order chi connectivity index (χ0) is 9.52. The average molecular weight is 194 g/mol. The standard InChI is InChI=1S/C11H14OS/c12-11(8-2-1-5-9-13)10-6-3-4-7-10/h3-4,6,13H,1-2,5,8-9H2. The molecule has 0 aromatic heterocycles. The summed E-state index contributed by atoms with van der Waals surface area (Å²) in [4.78, 5) is 11.4. The van der Waals surface area contributed by atoms with E-state index >= 15 is 0 Å². The van der Waals surface area contributed by atoms with Gasteiger partial charge in [-0.3, -0.25) is 4.79 Å². The van der Waals surface area contributed by atoms with Crippen LogP contribution in [0.25, 0.3) is 0 Å². The first-order chi connectivity index (χ1) is 6.34. The molecule has 0 bridgehead atoms. The predicted molar refractivity (Wildman–Crippen MR) is 58.1 cm³/mol. The summed E-state index contributed by atoms with van der Waals surface area (Å²) in [5.74, 6) is 1.13. The highest BCUT2D eigenvalue weighted by molar-refractivity contribution is 7.80. The van der Waals surface area contributed by atoms with Gasteiger partial charge in [0.25, 0.3) is 0 Å². The summed E-state index contributed by atoms with van der Waals surface area (Å²) in [6.07, 6.45) is 9.26. The lowest BCUT2D eigenvalue weighted by Crippen LogP contribution is -1.98. The van der Waals surface area contributed by atoms with Gasteiger partial charge in [-0.05, 0) is 30.7 Å². The van der Waals surface area contributed by atoms with E-state index in [4.69, 9.17) is 0 Å². The molecule has 1 nitrogen and oxygen atoms in total. The third-order valence-electron chi connectivity index (χ3n) is 1.96. The van der Waals surface area contributed by atoms with E-state index in [0.717, 1.165) is 30.6 Å². The highest BCUT2D eigenvalue weighted by Crippen LogP contribution is 2.09. The van der Waals surface area contributed by atoms with Crippen LogP contribution in [0.1, 0.15) is 25.7 Å². The van der Waals surface area contributed by atoms with Gasteiger partial charge in [-0.2, -0.15) is 12.6 Å². The molecule has 0 spiro atoms. The van der Waals surface area contributed by atoms with Crippen LogP contribution in [0.15, 0.2) is 29.5 Å². The summed E-state index contributed by atoms with van der Waals surface area (Å²) in [5.41, 5.74) is 3.64.